The standard InChI is InChI=1S/C4H7BrO2/c1-3(5)7-4(2)6/h3H,1-2H3/t3-/m1/s1. The average molecular weight is 167 g/mol. The largest absolute Gasteiger partial charge is 0.451 e. The van der Waals surface area contributed by atoms with Gasteiger partial charge in [-0.15, -0.1) is 0 Å². The first-order valence-corrected chi connectivity index (χ1v) is 2.86. The van der Waals surface area contributed by atoms with Crippen molar-refractivity contribution < 1.29 is 9.53 Å². The number of alkyl halides is 1. The number of hydrogen-bond donors (Lipinski definition) is 0. The highest BCUT2D eigenvalue weighted by molar-refractivity contribution is 9.09. The molecular weight excluding hydrogens is 160 g/mol. The van der Waals surface area contributed by atoms with Crippen LogP contribution in [0.1, 0.15) is 13.8 Å². The molecule has 3 heteroatoms. The summed E-state index contributed by atoms with van der Waals surface area (Å²) in [6, 6.07) is 0. The molecule has 0 rings (SSSR count). The maximum atomic E-state index is 10.0. The molecule has 0 unspecified atom stereocenters. The first kappa shape index (κ1) is 6.95. The van der Waals surface area contributed by atoms with Gasteiger partial charge in [-0.1, -0.05) is 0 Å². The zero-order valence-corrected chi connectivity index (χ0v) is 5.86. The quantitative estimate of drug-likeness (QED) is 0.434. The fraction of sp³-hybridized carbons (Fsp3) is 0.750. The number of carbonyl (C=O) groups is 1. The van der Waals surface area contributed by atoms with Gasteiger partial charge in [0.15, 0.2) is 5.01 Å². The van der Waals surface area contributed by atoms with Crippen LogP contribution in [-0.2, 0) is 9.53 Å². The summed E-state index contributed by atoms with van der Waals surface area (Å²) in [5.74, 6) is -0.260. The van der Waals surface area contributed by atoms with Crippen molar-refractivity contribution in [3.05, 3.63) is 0 Å². The third-order valence-corrected chi connectivity index (χ3v) is 0.515. The number of ether oxygens (including phenoxy) is 1. The van der Waals surface area contributed by atoms with Gasteiger partial charge < -0.3 is 4.74 Å². The minimum absolute atomic E-state index is 0.162. The van der Waals surface area contributed by atoms with E-state index in [4.69, 9.17) is 0 Å². The van der Waals surface area contributed by atoms with Gasteiger partial charge in [0, 0.05) is 6.92 Å². The summed E-state index contributed by atoms with van der Waals surface area (Å²) >= 11 is 3.03. The number of hydrogen-bond acceptors (Lipinski definition) is 2. The Morgan fingerprint density at radius 2 is 2.29 bits per heavy atom. The summed E-state index contributed by atoms with van der Waals surface area (Å²) in [6.45, 7) is 3.11. The highest BCUT2D eigenvalue weighted by Gasteiger charge is 1.95. The third kappa shape index (κ3) is 5.95. The molecule has 0 aromatic rings. The molecule has 0 bridgehead atoms. The van der Waals surface area contributed by atoms with Crippen molar-refractivity contribution in [1.29, 1.82) is 0 Å². The highest BCUT2D eigenvalue weighted by atomic mass is 79.9. The maximum absolute atomic E-state index is 10.0. The van der Waals surface area contributed by atoms with Crippen molar-refractivity contribution >= 4 is 21.9 Å². The van der Waals surface area contributed by atoms with Crippen LogP contribution in [0.15, 0.2) is 0 Å². The predicted molar refractivity (Wildman–Crippen MR) is 30.2 cm³/mol. The minimum atomic E-state index is -0.260. The summed E-state index contributed by atoms with van der Waals surface area (Å²) < 4.78 is 4.53. The Morgan fingerprint density at radius 3 is 2.29 bits per heavy atom. The molecule has 0 saturated heterocycles. The number of esters is 1. The number of rotatable bonds is 1. The smallest absolute Gasteiger partial charge is 0.303 e. The first-order valence-electron chi connectivity index (χ1n) is 1.94. The van der Waals surface area contributed by atoms with E-state index in [9.17, 15) is 4.79 Å². The van der Waals surface area contributed by atoms with Gasteiger partial charge in [0.05, 0.1) is 0 Å². The fourth-order valence-electron chi connectivity index (χ4n) is 0.229. The van der Waals surface area contributed by atoms with Crippen LogP contribution in [0, 0.1) is 0 Å². The Labute approximate surface area is 51.0 Å². The van der Waals surface area contributed by atoms with Gasteiger partial charge in [-0.3, -0.25) is 4.79 Å². The summed E-state index contributed by atoms with van der Waals surface area (Å²) in [6.07, 6.45) is 0. The van der Waals surface area contributed by atoms with Crippen molar-refractivity contribution in [2.45, 2.75) is 18.9 Å². The van der Waals surface area contributed by atoms with Crippen molar-refractivity contribution in [3.8, 4) is 0 Å². The lowest BCUT2D eigenvalue weighted by Gasteiger charge is -1.99. The van der Waals surface area contributed by atoms with E-state index in [2.05, 4.69) is 20.7 Å². The van der Waals surface area contributed by atoms with E-state index in [0.29, 0.717) is 0 Å². The first-order chi connectivity index (χ1) is 3.13. The van der Waals surface area contributed by atoms with Crippen LogP contribution in [0.3, 0.4) is 0 Å². The molecule has 0 saturated carbocycles. The molecule has 0 spiro atoms. The molecule has 1 atom stereocenters. The summed E-state index contributed by atoms with van der Waals surface area (Å²) in [4.78, 5) is 10.0. The second-order valence-electron chi connectivity index (χ2n) is 1.15. The topological polar surface area (TPSA) is 26.3 Å². The van der Waals surface area contributed by atoms with Crippen LogP contribution in [0.25, 0.3) is 0 Å². The Hall–Kier alpha value is -0.0500. The highest BCUT2D eigenvalue weighted by Crippen LogP contribution is 1.97. The van der Waals surface area contributed by atoms with Gasteiger partial charge in [-0.05, 0) is 22.9 Å². The number of carbonyl (C=O) groups excluding carboxylic acids is 1. The van der Waals surface area contributed by atoms with Gasteiger partial charge in [0.25, 0.3) is 0 Å². The molecule has 0 aliphatic carbocycles. The second-order valence-corrected chi connectivity index (χ2v) is 2.44. The molecule has 0 heterocycles. The summed E-state index contributed by atoms with van der Waals surface area (Å²) in [5.41, 5.74) is 0. The van der Waals surface area contributed by atoms with Gasteiger partial charge in [-0.25, -0.2) is 0 Å². The van der Waals surface area contributed by atoms with Crippen molar-refractivity contribution in [2.75, 3.05) is 0 Å². The molecule has 7 heavy (non-hydrogen) atoms. The molecule has 0 aromatic heterocycles. The van der Waals surface area contributed by atoms with E-state index in [-0.39, 0.29) is 11.0 Å². The van der Waals surface area contributed by atoms with Crippen LogP contribution >= 0.6 is 15.9 Å². The molecule has 42 valence electrons. The van der Waals surface area contributed by atoms with E-state index in [1.54, 1.807) is 6.92 Å². The number of halogens is 1. The van der Waals surface area contributed by atoms with Crippen molar-refractivity contribution in [3.63, 3.8) is 0 Å². The zero-order valence-electron chi connectivity index (χ0n) is 4.27. The maximum Gasteiger partial charge on any atom is 0.303 e. The minimum Gasteiger partial charge on any atom is -0.451 e. The van der Waals surface area contributed by atoms with Crippen molar-refractivity contribution in [2.24, 2.45) is 0 Å². The van der Waals surface area contributed by atoms with Crippen LogP contribution in [0.2, 0.25) is 0 Å². The van der Waals surface area contributed by atoms with Gasteiger partial charge in [-0.2, -0.15) is 0 Å². The molecule has 0 aromatic carbocycles. The van der Waals surface area contributed by atoms with E-state index in [1.165, 1.54) is 6.92 Å². The van der Waals surface area contributed by atoms with Gasteiger partial charge in [0.2, 0.25) is 0 Å². The molecule has 0 aliphatic heterocycles. The van der Waals surface area contributed by atoms with Crippen LogP contribution < -0.4 is 0 Å². The summed E-state index contributed by atoms with van der Waals surface area (Å²) in [7, 11) is 0. The van der Waals surface area contributed by atoms with Crippen molar-refractivity contribution in [1.82, 2.24) is 0 Å². The van der Waals surface area contributed by atoms with Gasteiger partial charge in [0.1, 0.15) is 0 Å². The second kappa shape index (κ2) is 3.02. The van der Waals surface area contributed by atoms with Crippen LogP contribution in [-0.4, -0.2) is 11.0 Å². The Morgan fingerprint density at radius 1 is 1.86 bits per heavy atom. The summed E-state index contributed by atoms with van der Waals surface area (Å²) in [5, 5.41) is -0.162. The third-order valence-electron chi connectivity index (χ3n) is 0.328. The van der Waals surface area contributed by atoms with E-state index < -0.39 is 0 Å². The van der Waals surface area contributed by atoms with E-state index in [1.807, 2.05) is 0 Å². The average Bonchev–Trinajstić information content (AvgIpc) is 1.27. The lowest BCUT2D eigenvalue weighted by atomic mass is 10.8. The van der Waals surface area contributed by atoms with E-state index >= 15 is 0 Å². The predicted octanol–water partition coefficient (Wildman–Crippen LogP) is 1.29. The molecule has 2 nitrogen and oxygen atoms in total. The molecule has 0 amide bonds. The van der Waals surface area contributed by atoms with E-state index in [0.717, 1.165) is 0 Å². The van der Waals surface area contributed by atoms with Crippen LogP contribution in [0.4, 0.5) is 0 Å². The molecule has 0 fully saturated rings. The molecule has 0 radical (unpaired) electrons. The lowest BCUT2D eigenvalue weighted by molar-refractivity contribution is -0.141. The molecular formula is C4H7BrO2. The van der Waals surface area contributed by atoms with Crippen LogP contribution in [0.5, 0.6) is 0 Å². The Bertz CT molecular complexity index is 70.1. The monoisotopic (exact) mass is 166 g/mol. The molecule has 0 aliphatic rings. The van der Waals surface area contributed by atoms with Gasteiger partial charge >= 0.3 is 5.97 Å². The Balaban J connectivity index is 3.13. The SMILES string of the molecule is CC(=O)O[C@H](C)Br. The Kier molecular flexibility index (Phi) is 3.00. The lowest BCUT2D eigenvalue weighted by Crippen LogP contribution is -2.03. The molecule has 0 N–H and O–H groups in total. The normalized spacial score (nSPS) is 13.0. The zero-order chi connectivity index (χ0) is 5.86. The fourth-order valence-corrected chi connectivity index (χ4v) is 0.492.